The van der Waals surface area contributed by atoms with Crippen LogP contribution in [0, 0.1) is 17.2 Å². The Morgan fingerprint density at radius 3 is 2.43 bits per heavy atom. The van der Waals surface area contributed by atoms with E-state index in [4.69, 9.17) is 33.7 Å². The van der Waals surface area contributed by atoms with Crippen LogP contribution in [0.5, 0.6) is 5.75 Å². The molecule has 3 N–H and O–H groups in total. The van der Waals surface area contributed by atoms with Gasteiger partial charge in [0.25, 0.3) is 0 Å². The van der Waals surface area contributed by atoms with Gasteiger partial charge in [-0.1, -0.05) is 39.0 Å². The highest BCUT2D eigenvalue weighted by Crippen LogP contribution is 2.50. The summed E-state index contributed by atoms with van der Waals surface area (Å²) in [5.41, 5.74) is 5.19. The minimum atomic E-state index is -4.54. The van der Waals surface area contributed by atoms with Crippen molar-refractivity contribution in [1.29, 1.82) is 5.26 Å². The van der Waals surface area contributed by atoms with Crippen LogP contribution in [0.3, 0.4) is 0 Å². The molecule has 2 aliphatic heterocycles. The predicted octanol–water partition coefficient (Wildman–Crippen LogP) is 4.35. The number of esters is 3. The molecule has 5 rings (SSSR count). The fraction of sp³-hybridized carbons (Fsp3) is 0.528. The van der Waals surface area contributed by atoms with Gasteiger partial charge >= 0.3 is 25.7 Å². The van der Waals surface area contributed by atoms with Crippen molar-refractivity contribution in [2.75, 3.05) is 38.6 Å². The Labute approximate surface area is 308 Å². The number of nitriles is 1. The molecule has 16 nitrogen and oxygen atoms in total. The second kappa shape index (κ2) is 17.5. The Morgan fingerprint density at radius 2 is 1.77 bits per heavy atom. The van der Waals surface area contributed by atoms with Crippen LogP contribution in [0.15, 0.2) is 54.7 Å². The molecule has 0 bridgehead atoms. The molecule has 17 heteroatoms. The zero-order valence-corrected chi connectivity index (χ0v) is 31.2. The molecule has 0 amide bonds. The van der Waals surface area contributed by atoms with Gasteiger partial charge in [0.2, 0.25) is 5.60 Å². The highest BCUT2D eigenvalue weighted by atomic mass is 31.2. The monoisotopic (exact) mass is 754 g/mol. The third-order valence-electron chi connectivity index (χ3n) is 9.33. The van der Waals surface area contributed by atoms with Gasteiger partial charge in [0.05, 0.1) is 23.5 Å². The van der Waals surface area contributed by atoms with Gasteiger partial charge in [-0.15, -0.1) is 0 Å². The summed E-state index contributed by atoms with van der Waals surface area (Å²) >= 11 is 0. The molecule has 6 atom stereocenters. The van der Waals surface area contributed by atoms with Crippen LogP contribution in [0.4, 0.5) is 5.69 Å². The number of nitrogen functional groups attached to an aromatic ring is 1. The number of fused-ring (bicyclic) bond motifs is 1. The second-order valence-corrected chi connectivity index (χ2v) is 14.7. The van der Waals surface area contributed by atoms with Crippen LogP contribution >= 0.6 is 7.75 Å². The van der Waals surface area contributed by atoms with Crippen molar-refractivity contribution in [2.45, 2.75) is 83.3 Å². The van der Waals surface area contributed by atoms with Gasteiger partial charge in [0.15, 0.2) is 12.2 Å². The number of anilines is 1. The van der Waals surface area contributed by atoms with Gasteiger partial charge in [0, 0.05) is 19.0 Å². The first-order chi connectivity index (χ1) is 25.4. The molecule has 0 saturated carbocycles. The highest BCUT2D eigenvalue weighted by Gasteiger charge is 2.62. The smallest absolute Gasteiger partial charge is 0.459 e. The van der Waals surface area contributed by atoms with Crippen LogP contribution in [0.1, 0.15) is 65.2 Å². The summed E-state index contributed by atoms with van der Waals surface area (Å²) in [6, 6.07) is 13.9. The standard InChI is InChI=1S/C36H47N6O10P/c1-5-30(43)49-33-32(29-14-13-28-27(38)15-18-39-42(28)29)51-36(22-37,34(33)50-31(44)6-2)23-48-53(46,52-26-11-9-8-10-12-26)40-24(4)35(45)47-21-25-16-19-41(7-3)20-17-25/h8-15,18,24-25,32-34H,5-7,16-17,19-21,23,38H2,1-4H3,(H,40,46)/t24-,32-,33-,34-,36+,53?/m0/s1. The fourth-order valence-electron chi connectivity index (χ4n) is 6.25. The highest BCUT2D eigenvalue weighted by molar-refractivity contribution is 7.52. The summed E-state index contributed by atoms with van der Waals surface area (Å²) < 4.78 is 51.3. The molecule has 0 spiro atoms. The SMILES string of the molecule is CCC(=O)O[C@H]1[C@H](c2ccc3c(N)ccnn23)O[C@](C#N)(COP(=O)(N[C@@H](C)C(=O)OCC2CCN(CC)CC2)Oc2ccccc2)[C@H]1OC(=O)CC. The van der Waals surface area contributed by atoms with Crippen molar-refractivity contribution >= 4 is 36.9 Å². The quantitative estimate of drug-likeness (QED) is 0.118. The molecular weight excluding hydrogens is 707 g/mol. The number of carbonyl (C=O) groups is 3. The van der Waals surface area contributed by atoms with Crippen LogP contribution in [0.2, 0.25) is 0 Å². The molecule has 1 aromatic carbocycles. The number of benzene rings is 1. The van der Waals surface area contributed by atoms with Crippen LogP contribution in [-0.2, 0) is 42.4 Å². The molecule has 1 unspecified atom stereocenters. The number of carbonyl (C=O) groups excluding carboxylic acids is 3. The molecule has 2 fully saturated rings. The molecule has 0 radical (unpaired) electrons. The Morgan fingerprint density at radius 1 is 1.08 bits per heavy atom. The zero-order chi connectivity index (χ0) is 38.2. The first-order valence-electron chi connectivity index (χ1n) is 17.8. The van der Waals surface area contributed by atoms with Gasteiger partial charge in [-0.05, 0) is 75.6 Å². The zero-order valence-electron chi connectivity index (χ0n) is 30.3. The average molecular weight is 755 g/mol. The Kier molecular flexibility index (Phi) is 13.1. The Hall–Kier alpha value is -4.52. The number of nitrogens with two attached hydrogens (primary N) is 1. The molecule has 53 heavy (non-hydrogen) atoms. The van der Waals surface area contributed by atoms with Gasteiger partial charge in [-0.3, -0.25) is 18.9 Å². The first-order valence-corrected chi connectivity index (χ1v) is 19.3. The molecular formula is C36H47N6O10P. The van der Waals surface area contributed by atoms with Gasteiger partial charge < -0.3 is 34.1 Å². The third-order valence-corrected chi connectivity index (χ3v) is 11.0. The minimum absolute atomic E-state index is 0.0379. The lowest BCUT2D eigenvalue weighted by molar-refractivity contribution is -0.169. The molecule has 2 aliphatic rings. The normalized spacial score (nSPS) is 23.8. The van der Waals surface area contributed by atoms with E-state index in [2.05, 4.69) is 22.0 Å². The summed E-state index contributed by atoms with van der Waals surface area (Å²) in [4.78, 5) is 41.1. The summed E-state index contributed by atoms with van der Waals surface area (Å²) in [5.74, 6) is -1.73. The maximum absolute atomic E-state index is 14.5. The van der Waals surface area contributed by atoms with E-state index in [1.807, 2.05) is 6.07 Å². The van der Waals surface area contributed by atoms with Gasteiger partial charge in [-0.25, -0.2) is 9.08 Å². The topological polar surface area (TPSA) is 206 Å². The minimum Gasteiger partial charge on any atom is -0.464 e. The third kappa shape index (κ3) is 9.35. The van der Waals surface area contributed by atoms with E-state index in [0.29, 0.717) is 16.9 Å². The number of nitrogens with zero attached hydrogens (tertiary/aromatic N) is 4. The number of ether oxygens (including phenoxy) is 4. The lowest BCUT2D eigenvalue weighted by Gasteiger charge is -2.31. The van der Waals surface area contributed by atoms with Crippen LogP contribution in [-0.4, -0.2) is 89.1 Å². The van der Waals surface area contributed by atoms with Crippen molar-refractivity contribution in [3.8, 4) is 11.8 Å². The van der Waals surface area contributed by atoms with Crippen molar-refractivity contribution in [3.05, 3.63) is 60.4 Å². The summed E-state index contributed by atoms with van der Waals surface area (Å²) in [7, 11) is -4.54. The van der Waals surface area contributed by atoms with Crippen LogP contribution < -0.4 is 15.3 Å². The maximum Gasteiger partial charge on any atom is 0.459 e. The maximum atomic E-state index is 14.5. The summed E-state index contributed by atoms with van der Waals surface area (Å²) in [6.45, 7) is 8.89. The van der Waals surface area contributed by atoms with Gasteiger partial charge in [0.1, 0.15) is 30.6 Å². The van der Waals surface area contributed by atoms with Crippen molar-refractivity contribution in [2.24, 2.45) is 5.92 Å². The average Bonchev–Trinajstić information content (AvgIpc) is 3.73. The van der Waals surface area contributed by atoms with E-state index >= 15 is 0 Å². The summed E-state index contributed by atoms with van der Waals surface area (Å²) in [5, 5.41) is 17.8. The number of hydrogen-bond donors (Lipinski definition) is 2. The second-order valence-electron chi connectivity index (χ2n) is 13.0. The lowest BCUT2D eigenvalue weighted by atomic mass is 9.95. The van der Waals surface area contributed by atoms with Crippen molar-refractivity contribution in [1.82, 2.24) is 19.6 Å². The number of para-hydroxylation sites is 1. The lowest BCUT2D eigenvalue weighted by Crippen LogP contribution is -2.49. The number of aromatic nitrogens is 2. The molecule has 2 saturated heterocycles. The molecule has 0 aliphatic carbocycles. The van der Waals surface area contributed by atoms with E-state index in [-0.39, 0.29) is 31.1 Å². The van der Waals surface area contributed by atoms with Crippen molar-refractivity contribution in [3.63, 3.8) is 0 Å². The molecule has 4 heterocycles. The van der Waals surface area contributed by atoms with Crippen LogP contribution in [0.25, 0.3) is 5.52 Å². The molecule has 2 aromatic heterocycles. The molecule has 286 valence electrons. The summed E-state index contributed by atoms with van der Waals surface area (Å²) in [6.07, 6.45) is -1.06. The number of nitrogens with one attached hydrogen (secondary N) is 1. The Bertz CT molecular complexity index is 1830. The fourth-order valence-corrected chi connectivity index (χ4v) is 7.77. The van der Waals surface area contributed by atoms with E-state index in [9.17, 15) is 24.2 Å². The van der Waals surface area contributed by atoms with E-state index in [0.717, 1.165) is 32.5 Å². The number of hydrogen-bond acceptors (Lipinski definition) is 14. The molecule has 3 aromatic rings. The van der Waals surface area contributed by atoms with E-state index < -0.39 is 62.2 Å². The van der Waals surface area contributed by atoms with Crippen molar-refractivity contribution < 1.29 is 46.9 Å². The van der Waals surface area contributed by atoms with E-state index in [1.54, 1.807) is 50.2 Å². The van der Waals surface area contributed by atoms with E-state index in [1.165, 1.54) is 29.8 Å². The number of piperidine rings is 1. The first kappa shape index (κ1) is 39.7. The number of rotatable bonds is 16. The predicted molar refractivity (Wildman–Crippen MR) is 191 cm³/mol. The largest absolute Gasteiger partial charge is 0.464 e. The van der Waals surface area contributed by atoms with Gasteiger partial charge in [-0.2, -0.15) is 15.4 Å². The number of likely N-dealkylation sites (tertiary alicyclic amines) is 1. The Balaban J connectivity index is 1.44.